The zero-order valence-corrected chi connectivity index (χ0v) is 13.1. The zero-order valence-electron chi connectivity index (χ0n) is 13.1. The standard InChI is InChI=1S/C17H25NO3/c1-4-21-13-8-6-5-7-12(13)9-10-16(20)18-14-11-15(19)17(14,2)3/h5-8,14-15,19H,4,9-11H2,1-3H3,(H,18,20). The fraction of sp³-hybridized carbons (Fsp3) is 0.588. The minimum absolute atomic E-state index is 0.0336. The van der Waals surface area contributed by atoms with E-state index < -0.39 is 0 Å². The van der Waals surface area contributed by atoms with Crippen LogP contribution in [0.5, 0.6) is 5.75 Å². The molecule has 0 heterocycles. The summed E-state index contributed by atoms with van der Waals surface area (Å²) in [6, 6.07) is 7.90. The summed E-state index contributed by atoms with van der Waals surface area (Å²) in [5.41, 5.74) is 0.834. The molecule has 0 aromatic heterocycles. The van der Waals surface area contributed by atoms with E-state index in [2.05, 4.69) is 5.32 Å². The highest BCUT2D eigenvalue weighted by atomic mass is 16.5. The number of carbonyl (C=O) groups excluding carboxylic acids is 1. The second kappa shape index (κ2) is 6.48. The maximum Gasteiger partial charge on any atom is 0.220 e. The van der Waals surface area contributed by atoms with Gasteiger partial charge in [0.05, 0.1) is 12.7 Å². The van der Waals surface area contributed by atoms with Gasteiger partial charge in [-0.2, -0.15) is 0 Å². The third kappa shape index (κ3) is 3.56. The normalized spacial score (nSPS) is 23.2. The Morgan fingerprint density at radius 3 is 2.76 bits per heavy atom. The third-order valence-corrected chi connectivity index (χ3v) is 4.44. The lowest BCUT2D eigenvalue weighted by Crippen LogP contribution is -2.61. The monoisotopic (exact) mass is 291 g/mol. The molecule has 21 heavy (non-hydrogen) atoms. The number of carbonyl (C=O) groups is 1. The number of hydrogen-bond acceptors (Lipinski definition) is 3. The van der Waals surface area contributed by atoms with E-state index in [1.165, 1.54) is 0 Å². The van der Waals surface area contributed by atoms with Gasteiger partial charge in [0.15, 0.2) is 0 Å². The van der Waals surface area contributed by atoms with E-state index >= 15 is 0 Å². The predicted octanol–water partition coefficient (Wildman–Crippen LogP) is 2.29. The van der Waals surface area contributed by atoms with Crippen molar-refractivity contribution in [3.63, 3.8) is 0 Å². The third-order valence-electron chi connectivity index (χ3n) is 4.44. The number of hydrogen-bond donors (Lipinski definition) is 2. The molecule has 0 bridgehead atoms. The van der Waals surface area contributed by atoms with E-state index in [4.69, 9.17) is 4.74 Å². The number of nitrogens with one attached hydrogen (secondary N) is 1. The Labute approximate surface area is 126 Å². The van der Waals surface area contributed by atoms with Crippen LogP contribution >= 0.6 is 0 Å². The highest BCUT2D eigenvalue weighted by Crippen LogP contribution is 2.40. The Hall–Kier alpha value is -1.55. The summed E-state index contributed by atoms with van der Waals surface area (Å²) >= 11 is 0. The molecule has 0 radical (unpaired) electrons. The molecule has 4 nitrogen and oxygen atoms in total. The van der Waals surface area contributed by atoms with Crippen LogP contribution in [0.2, 0.25) is 0 Å². The Balaban J connectivity index is 1.85. The van der Waals surface area contributed by atoms with Crippen molar-refractivity contribution >= 4 is 5.91 Å². The van der Waals surface area contributed by atoms with Crippen molar-refractivity contribution in [2.75, 3.05) is 6.61 Å². The summed E-state index contributed by atoms with van der Waals surface area (Å²) < 4.78 is 5.57. The average Bonchev–Trinajstić information content (AvgIpc) is 2.46. The van der Waals surface area contributed by atoms with E-state index in [9.17, 15) is 9.90 Å². The number of benzene rings is 1. The molecule has 2 atom stereocenters. The fourth-order valence-electron chi connectivity index (χ4n) is 2.67. The van der Waals surface area contributed by atoms with Gasteiger partial charge in [-0.25, -0.2) is 0 Å². The minimum Gasteiger partial charge on any atom is -0.494 e. The van der Waals surface area contributed by atoms with Crippen LogP contribution in [0.25, 0.3) is 0 Å². The first-order chi connectivity index (χ1) is 9.95. The molecule has 1 saturated carbocycles. The highest BCUT2D eigenvalue weighted by Gasteiger charge is 2.47. The molecular weight excluding hydrogens is 266 g/mol. The lowest BCUT2D eigenvalue weighted by Gasteiger charge is -2.49. The minimum atomic E-state index is -0.318. The molecule has 2 rings (SSSR count). The number of aliphatic hydroxyl groups is 1. The number of para-hydroxylation sites is 1. The summed E-state index contributed by atoms with van der Waals surface area (Å²) in [7, 11) is 0. The summed E-state index contributed by atoms with van der Waals surface area (Å²) in [4.78, 5) is 12.0. The SMILES string of the molecule is CCOc1ccccc1CCC(=O)NC1CC(O)C1(C)C. The van der Waals surface area contributed by atoms with Crippen LogP contribution in [0.15, 0.2) is 24.3 Å². The van der Waals surface area contributed by atoms with Crippen LogP contribution in [-0.4, -0.2) is 29.8 Å². The van der Waals surface area contributed by atoms with Gasteiger partial charge in [-0.05, 0) is 31.4 Å². The molecule has 1 aliphatic rings. The maximum atomic E-state index is 12.0. The van der Waals surface area contributed by atoms with Crippen molar-refractivity contribution in [2.24, 2.45) is 5.41 Å². The van der Waals surface area contributed by atoms with Gasteiger partial charge >= 0.3 is 0 Å². The molecule has 1 amide bonds. The van der Waals surface area contributed by atoms with Crippen molar-refractivity contribution in [1.82, 2.24) is 5.32 Å². The first-order valence-corrected chi connectivity index (χ1v) is 7.63. The number of aryl methyl sites for hydroxylation is 1. The van der Waals surface area contributed by atoms with Crippen molar-refractivity contribution in [1.29, 1.82) is 0 Å². The smallest absolute Gasteiger partial charge is 0.220 e. The topological polar surface area (TPSA) is 58.6 Å². The lowest BCUT2D eigenvalue weighted by atomic mass is 9.64. The summed E-state index contributed by atoms with van der Waals surface area (Å²) in [6.07, 6.45) is 1.43. The molecule has 2 unspecified atom stereocenters. The quantitative estimate of drug-likeness (QED) is 0.845. The molecule has 0 spiro atoms. The van der Waals surface area contributed by atoms with Crippen molar-refractivity contribution in [3.05, 3.63) is 29.8 Å². The molecule has 1 fully saturated rings. The molecule has 2 N–H and O–H groups in total. The van der Waals surface area contributed by atoms with E-state index in [0.29, 0.717) is 25.9 Å². The summed E-state index contributed by atoms with van der Waals surface area (Å²) in [5, 5.41) is 12.7. The number of ether oxygens (including phenoxy) is 1. The van der Waals surface area contributed by atoms with Gasteiger partial charge in [-0.1, -0.05) is 32.0 Å². The van der Waals surface area contributed by atoms with E-state index in [1.807, 2.05) is 45.0 Å². The molecule has 116 valence electrons. The van der Waals surface area contributed by atoms with E-state index in [0.717, 1.165) is 11.3 Å². The van der Waals surface area contributed by atoms with Crippen LogP contribution in [-0.2, 0) is 11.2 Å². The van der Waals surface area contributed by atoms with Crippen LogP contribution in [0, 0.1) is 5.41 Å². The van der Waals surface area contributed by atoms with Crippen LogP contribution in [0.3, 0.4) is 0 Å². The number of amides is 1. The number of aliphatic hydroxyl groups excluding tert-OH is 1. The molecule has 1 aromatic carbocycles. The van der Waals surface area contributed by atoms with Crippen molar-refractivity contribution < 1.29 is 14.6 Å². The molecule has 4 heteroatoms. The second-order valence-corrected chi connectivity index (χ2v) is 6.23. The van der Waals surface area contributed by atoms with Gasteiger partial charge < -0.3 is 15.2 Å². The van der Waals surface area contributed by atoms with Gasteiger partial charge in [0.25, 0.3) is 0 Å². The van der Waals surface area contributed by atoms with Crippen LogP contribution in [0.1, 0.15) is 39.2 Å². The number of rotatable bonds is 6. The van der Waals surface area contributed by atoms with E-state index in [-0.39, 0.29) is 23.5 Å². The molecule has 1 aromatic rings. The average molecular weight is 291 g/mol. The van der Waals surface area contributed by atoms with Gasteiger partial charge in [0, 0.05) is 17.9 Å². The lowest BCUT2D eigenvalue weighted by molar-refractivity contribution is -0.129. The highest BCUT2D eigenvalue weighted by molar-refractivity contribution is 5.77. The van der Waals surface area contributed by atoms with Gasteiger partial charge in [0.1, 0.15) is 5.75 Å². The Bertz CT molecular complexity index is 499. The Kier molecular flexibility index (Phi) is 4.88. The fourth-order valence-corrected chi connectivity index (χ4v) is 2.67. The Morgan fingerprint density at radius 1 is 1.43 bits per heavy atom. The molecule has 0 saturated heterocycles. The van der Waals surface area contributed by atoms with Gasteiger partial charge in [0.2, 0.25) is 5.91 Å². The first kappa shape index (κ1) is 15.8. The molecular formula is C17H25NO3. The maximum absolute atomic E-state index is 12.0. The van der Waals surface area contributed by atoms with Crippen molar-refractivity contribution in [2.45, 2.75) is 52.2 Å². The predicted molar refractivity (Wildman–Crippen MR) is 82.3 cm³/mol. The summed E-state index contributed by atoms with van der Waals surface area (Å²) in [5.74, 6) is 0.887. The largest absolute Gasteiger partial charge is 0.494 e. The van der Waals surface area contributed by atoms with Gasteiger partial charge in [-0.3, -0.25) is 4.79 Å². The molecule has 1 aliphatic carbocycles. The van der Waals surface area contributed by atoms with Crippen LogP contribution in [0.4, 0.5) is 0 Å². The Morgan fingerprint density at radius 2 is 2.14 bits per heavy atom. The summed E-state index contributed by atoms with van der Waals surface area (Å²) in [6.45, 7) is 6.54. The van der Waals surface area contributed by atoms with Gasteiger partial charge in [-0.15, -0.1) is 0 Å². The first-order valence-electron chi connectivity index (χ1n) is 7.63. The van der Waals surface area contributed by atoms with Crippen molar-refractivity contribution in [3.8, 4) is 5.75 Å². The second-order valence-electron chi connectivity index (χ2n) is 6.23. The van der Waals surface area contributed by atoms with E-state index in [1.54, 1.807) is 0 Å². The molecule has 0 aliphatic heterocycles. The van der Waals surface area contributed by atoms with Crippen LogP contribution < -0.4 is 10.1 Å². The zero-order chi connectivity index (χ0) is 15.5.